The third kappa shape index (κ3) is 5.09. The Hall–Kier alpha value is -1.30. The van der Waals surface area contributed by atoms with Gasteiger partial charge in [-0.05, 0) is 26.0 Å². The second kappa shape index (κ2) is 9.11. The van der Waals surface area contributed by atoms with E-state index < -0.39 is 0 Å². The van der Waals surface area contributed by atoms with Gasteiger partial charge >= 0.3 is 0 Å². The minimum atomic E-state index is 0.243. The fourth-order valence-corrected chi connectivity index (χ4v) is 2.85. The molecule has 5 nitrogen and oxygen atoms in total. The van der Waals surface area contributed by atoms with Gasteiger partial charge < -0.3 is 18.9 Å². The maximum atomic E-state index is 5.90. The fourth-order valence-electron chi connectivity index (χ4n) is 2.85. The molecule has 0 saturated carbocycles. The molecule has 0 radical (unpaired) electrons. The molecular weight excluding hydrogens is 294 g/mol. The summed E-state index contributed by atoms with van der Waals surface area (Å²) < 4.78 is 22.2. The molecule has 1 atom stereocenters. The molecule has 130 valence electrons. The van der Waals surface area contributed by atoms with E-state index in [0.717, 1.165) is 43.1 Å². The summed E-state index contributed by atoms with van der Waals surface area (Å²) in [6, 6.07) is 4.28. The van der Waals surface area contributed by atoms with Crippen LogP contribution < -0.4 is 9.47 Å². The third-order valence-electron chi connectivity index (χ3n) is 4.00. The molecule has 0 aromatic heterocycles. The molecule has 1 aliphatic rings. The Bertz CT molecular complexity index is 484. The van der Waals surface area contributed by atoms with Crippen molar-refractivity contribution in [1.82, 2.24) is 4.90 Å². The topological polar surface area (TPSA) is 40.2 Å². The van der Waals surface area contributed by atoms with Crippen molar-refractivity contribution in [3.05, 3.63) is 23.3 Å². The van der Waals surface area contributed by atoms with Gasteiger partial charge in [-0.1, -0.05) is 0 Å². The minimum Gasteiger partial charge on any atom is -0.494 e. The monoisotopic (exact) mass is 323 g/mol. The van der Waals surface area contributed by atoms with E-state index in [0.29, 0.717) is 19.8 Å². The Morgan fingerprint density at radius 1 is 1.17 bits per heavy atom. The van der Waals surface area contributed by atoms with E-state index in [1.54, 1.807) is 14.2 Å². The van der Waals surface area contributed by atoms with E-state index in [1.165, 1.54) is 5.56 Å². The van der Waals surface area contributed by atoms with Gasteiger partial charge in [0.2, 0.25) is 0 Å². The van der Waals surface area contributed by atoms with Crippen molar-refractivity contribution in [1.29, 1.82) is 0 Å². The Kier molecular flexibility index (Phi) is 7.15. The summed E-state index contributed by atoms with van der Waals surface area (Å²) in [7, 11) is 3.45. The van der Waals surface area contributed by atoms with Crippen molar-refractivity contribution in [3.63, 3.8) is 0 Å². The number of rotatable bonds is 10. The molecule has 0 bridgehead atoms. The zero-order chi connectivity index (χ0) is 16.7. The molecule has 1 heterocycles. The summed E-state index contributed by atoms with van der Waals surface area (Å²) in [5, 5.41) is 0. The molecule has 0 saturated heterocycles. The highest BCUT2D eigenvalue weighted by Crippen LogP contribution is 2.35. The largest absolute Gasteiger partial charge is 0.494 e. The summed E-state index contributed by atoms with van der Waals surface area (Å²) in [5.41, 5.74) is 2.40. The van der Waals surface area contributed by atoms with Gasteiger partial charge in [-0.3, -0.25) is 4.90 Å². The van der Waals surface area contributed by atoms with Gasteiger partial charge in [-0.25, -0.2) is 0 Å². The van der Waals surface area contributed by atoms with Crippen LogP contribution in [0.4, 0.5) is 0 Å². The molecule has 0 fully saturated rings. The van der Waals surface area contributed by atoms with E-state index in [9.17, 15) is 0 Å². The number of benzene rings is 1. The quantitative estimate of drug-likeness (QED) is 0.662. The molecule has 23 heavy (non-hydrogen) atoms. The highest BCUT2D eigenvalue weighted by Gasteiger charge is 2.22. The average Bonchev–Trinajstić information content (AvgIpc) is 2.89. The lowest BCUT2D eigenvalue weighted by molar-refractivity contribution is 0.109. The van der Waals surface area contributed by atoms with Gasteiger partial charge in [0.15, 0.2) is 0 Å². The molecule has 2 rings (SSSR count). The number of hydrogen-bond acceptors (Lipinski definition) is 5. The molecule has 5 heteroatoms. The molecular formula is C18H29NO4. The van der Waals surface area contributed by atoms with Crippen molar-refractivity contribution >= 4 is 0 Å². The zero-order valence-electron chi connectivity index (χ0n) is 14.8. The van der Waals surface area contributed by atoms with Crippen LogP contribution in [0.25, 0.3) is 0 Å². The predicted octanol–water partition coefficient (Wildman–Crippen LogP) is 2.50. The second-order valence-corrected chi connectivity index (χ2v) is 5.90. The van der Waals surface area contributed by atoms with Crippen molar-refractivity contribution < 1.29 is 18.9 Å². The van der Waals surface area contributed by atoms with Crippen LogP contribution in [0, 0.1) is 0 Å². The molecule has 1 unspecified atom stereocenters. The molecule has 0 amide bonds. The number of methoxy groups -OCH3 is 2. The van der Waals surface area contributed by atoms with Gasteiger partial charge in [0, 0.05) is 51.4 Å². The first kappa shape index (κ1) is 18.0. The highest BCUT2D eigenvalue weighted by atomic mass is 16.5. The SMILES string of the molecule is CCOc1cc2c(cc1CN(CCOC)CCOC)OC(C)C2. The van der Waals surface area contributed by atoms with Crippen molar-refractivity contribution in [2.75, 3.05) is 47.1 Å². The summed E-state index contributed by atoms with van der Waals surface area (Å²) in [5.74, 6) is 1.96. The number of hydrogen-bond donors (Lipinski definition) is 0. The third-order valence-corrected chi connectivity index (χ3v) is 4.00. The van der Waals surface area contributed by atoms with Crippen LogP contribution in [0.1, 0.15) is 25.0 Å². The van der Waals surface area contributed by atoms with E-state index in [-0.39, 0.29) is 6.10 Å². The van der Waals surface area contributed by atoms with E-state index >= 15 is 0 Å². The summed E-state index contributed by atoms with van der Waals surface area (Å²) in [4.78, 5) is 2.32. The Labute approximate surface area is 139 Å². The first-order chi connectivity index (χ1) is 11.2. The Morgan fingerprint density at radius 3 is 2.48 bits per heavy atom. The van der Waals surface area contributed by atoms with E-state index in [4.69, 9.17) is 18.9 Å². The van der Waals surface area contributed by atoms with E-state index in [2.05, 4.69) is 24.0 Å². The maximum absolute atomic E-state index is 5.90. The van der Waals surface area contributed by atoms with Crippen molar-refractivity contribution in [2.24, 2.45) is 0 Å². The summed E-state index contributed by atoms with van der Waals surface area (Å²) >= 11 is 0. The summed E-state index contributed by atoms with van der Waals surface area (Å²) in [6.45, 7) is 8.70. The lowest BCUT2D eigenvalue weighted by Crippen LogP contribution is -2.30. The minimum absolute atomic E-state index is 0.243. The number of ether oxygens (including phenoxy) is 4. The number of nitrogens with zero attached hydrogens (tertiary/aromatic N) is 1. The normalized spacial score (nSPS) is 16.5. The van der Waals surface area contributed by atoms with Crippen LogP contribution >= 0.6 is 0 Å². The van der Waals surface area contributed by atoms with Crippen LogP contribution in [-0.2, 0) is 22.4 Å². The van der Waals surface area contributed by atoms with Gasteiger partial charge in [0.1, 0.15) is 17.6 Å². The maximum Gasteiger partial charge on any atom is 0.124 e. The van der Waals surface area contributed by atoms with Gasteiger partial charge in [-0.2, -0.15) is 0 Å². The standard InChI is InChI=1S/C18H29NO4/c1-5-22-17-11-15-10-14(2)23-18(15)12-16(17)13-19(6-8-20-3)7-9-21-4/h11-12,14H,5-10,13H2,1-4H3. The molecule has 0 aliphatic carbocycles. The smallest absolute Gasteiger partial charge is 0.124 e. The molecule has 1 aromatic carbocycles. The lowest BCUT2D eigenvalue weighted by Gasteiger charge is -2.23. The molecule has 0 N–H and O–H groups in total. The van der Waals surface area contributed by atoms with Crippen molar-refractivity contribution in [3.8, 4) is 11.5 Å². The lowest BCUT2D eigenvalue weighted by atomic mass is 10.1. The average molecular weight is 323 g/mol. The van der Waals surface area contributed by atoms with Crippen molar-refractivity contribution in [2.45, 2.75) is 32.9 Å². The zero-order valence-corrected chi connectivity index (χ0v) is 14.8. The molecule has 1 aliphatic heterocycles. The Balaban J connectivity index is 2.16. The van der Waals surface area contributed by atoms with E-state index in [1.807, 2.05) is 6.92 Å². The van der Waals surface area contributed by atoms with Crippen LogP contribution in [0.3, 0.4) is 0 Å². The number of fused-ring (bicyclic) bond motifs is 1. The predicted molar refractivity (Wildman–Crippen MR) is 90.4 cm³/mol. The molecule has 1 aromatic rings. The van der Waals surface area contributed by atoms with Gasteiger partial charge in [0.05, 0.1) is 19.8 Å². The van der Waals surface area contributed by atoms with Crippen LogP contribution in [0.2, 0.25) is 0 Å². The fraction of sp³-hybridized carbons (Fsp3) is 0.667. The first-order valence-electron chi connectivity index (χ1n) is 8.33. The van der Waals surface area contributed by atoms with Crippen LogP contribution in [0.5, 0.6) is 11.5 Å². The summed E-state index contributed by atoms with van der Waals surface area (Å²) in [6.07, 6.45) is 1.19. The van der Waals surface area contributed by atoms with Gasteiger partial charge in [0.25, 0.3) is 0 Å². The highest BCUT2D eigenvalue weighted by molar-refractivity contribution is 5.48. The first-order valence-corrected chi connectivity index (χ1v) is 8.33. The van der Waals surface area contributed by atoms with Crippen LogP contribution in [0.15, 0.2) is 12.1 Å². The van der Waals surface area contributed by atoms with Crippen LogP contribution in [-0.4, -0.2) is 58.1 Å². The van der Waals surface area contributed by atoms with Gasteiger partial charge in [-0.15, -0.1) is 0 Å². The Morgan fingerprint density at radius 2 is 1.87 bits per heavy atom. The molecule has 0 spiro atoms. The second-order valence-electron chi connectivity index (χ2n) is 5.90.